The van der Waals surface area contributed by atoms with Gasteiger partial charge in [-0.3, -0.25) is 4.79 Å². The van der Waals surface area contributed by atoms with Crippen molar-refractivity contribution in [1.29, 1.82) is 0 Å². The Kier molecular flexibility index (Phi) is 3.87. The highest BCUT2D eigenvalue weighted by atomic mass is 16.2. The zero-order valence-electron chi connectivity index (χ0n) is 13.5. The van der Waals surface area contributed by atoms with E-state index in [4.69, 9.17) is 0 Å². The van der Waals surface area contributed by atoms with Gasteiger partial charge >= 0.3 is 0 Å². The normalized spacial score (nSPS) is 14.1. The second-order valence-electron chi connectivity index (χ2n) is 6.18. The molecule has 0 saturated carbocycles. The minimum atomic E-state index is 0.0810. The topological polar surface area (TPSA) is 20.3 Å². The first kappa shape index (κ1) is 14.7. The van der Waals surface area contributed by atoms with Gasteiger partial charge in [0.25, 0.3) is 0 Å². The molecule has 4 rings (SSSR count). The second-order valence-corrected chi connectivity index (χ2v) is 6.18. The summed E-state index contributed by atoms with van der Waals surface area (Å²) in [5.74, 6) is 0.0810. The molecule has 0 unspecified atom stereocenters. The van der Waals surface area contributed by atoms with Crippen LogP contribution in [0.15, 0.2) is 72.8 Å². The Morgan fingerprint density at radius 2 is 1.62 bits per heavy atom. The highest BCUT2D eigenvalue weighted by molar-refractivity contribution is 5.96. The summed E-state index contributed by atoms with van der Waals surface area (Å²) >= 11 is 0. The molecule has 1 aliphatic rings. The number of carbonyl (C=O) groups is 1. The molecule has 0 N–H and O–H groups in total. The average molecular weight is 313 g/mol. The first-order valence-electron chi connectivity index (χ1n) is 8.33. The van der Waals surface area contributed by atoms with Crippen LogP contribution in [0.5, 0.6) is 0 Å². The van der Waals surface area contributed by atoms with E-state index >= 15 is 0 Å². The molecule has 2 heteroatoms. The molecule has 0 fully saturated rings. The van der Waals surface area contributed by atoms with Crippen LogP contribution in [0.1, 0.15) is 16.7 Å². The number of fused-ring (bicyclic) bond motifs is 2. The SMILES string of the molecule is O=C(/C=C/c1cccc2ccccc12)N1CCc2ccccc2C1. The van der Waals surface area contributed by atoms with Gasteiger partial charge in [0.05, 0.1) is 0 Å². The van der Waals surface area contributed by atoms with E-state index in [0.29, 0.717) is 6.54 Å². The van der Waals surface area contributed by atoms with Crippen molar-refractivity contribution in [3.8, 4) is 0 Å². The summed E-state index contributed by atoms with van der Waals surface area (Å²) in [6.45, 7) is 1.49. The van der Waals surface area contributed by atoms with Crippen molar-refractivity contribution in [2.45, 2.75) is 13.0 Å². The minimum Gasteiger partial charge on any atom is -0.334 e. The van der Waals surface area contributed by atoms with E-state index in [1.807, 2.05) is 35.2 Å². The molecule has 2 nitrogen and oxygen atoms in total. The number of nitrogens with zero attached hydrogens (tertiary/aromatic N) is 1. The van der Waals surface area contributed by atoms with Gasteiger partial charge in [0, 0.05) is 19.2 Å². The lowest BCUT2D eigenvalue weighted by molar-refractivity contribution is -0.126. The lowest BCUT2D eigenvalue weighted by Gasteiger charge is -2.27. The Morgan fingerprint density at radius 1 is 0.875 bits per heavy atom. The van der Waals surface area contributed by atoms with Crippen LogP contribution in [-0.2, 0) is 17.8 Å². The van der Waals surface area contributed by atoms with Crippen molar-refractivity contribution in [1.82, 2.24) is 4.90 Å². The fourth-order valence-corrected chi connectivity index (χ4v) is 3.35. The predicted octanol–water partition coefficient (Wildman–Crippen LogP) is 4.44. The van der Waals surface area contributed by atoms with Crippen LogP contribution in [0, 0.1) is 0 Å². The van der Waals surface area contributed by atoms with Crippen molar-refractivity contribution in [3.05, 3.63) is 89.5 Å². The van der Waals surface area contributed by atoms with Crippen LogP contribution in [-0.4, -0.2) is 17.4 Å². The Bertz CT molecular complexity index is 921. The number of hydrogen-bond acceptors (Lipinski definition) is 1. The summed E-state index contributed by atoms with van der Waals surface area (Å²) in [5.41, 5.74) is 3.70. The molecule has 3 aromatic rings. The lowest BCUT2D eigenvalue weighted by Crippen LogP contribution is -2.34. The van der Waals surface area contributed by atoms with Gasteiger partial charge in [-0.25, -0.2) is 0 Å². The van der Waals surface area contributed by atoms with E-state index in [9.17, 15) is 4.79 Å². The Labute approximate surface area is 142 Å². The largest absolute Gasteiger partial charge is 0.334 e. The van der Waals surface area contributed by atoms with Gasteiger partial charge in [-0.05, 0) is 40.0 Å². The number of benzene rings is 3. The third-order valence-electron chi connectivity index (χ3n) is 4.67. The smallest absolute Gasteiger partial charge is 0.246 e. The minimum absolute atomic E-state index is 0.0810. The molecule has 0 aromatic heterocycles. The molecule has 0 atom stereocenters. The Balaban J connectivity index is 1.55. The summed E-state index contributed by atoms with van der Waals surface area (Å²) in [6.07, 6.45) is 4.57. The third kappa shape index (κ3) is 2.83. The molecule has 0 spiro atoms. The lowest BCUT2D eigenvalue weighted by atomic mass is 10.00. The maximum absolute atomic E-state index is 12.6. The van der Waals surface area contributed by atoms with Gasteiger partial charge in [0.15, 0.2) is 0 Å². The summed E-state index contributed by atoms with van der Waals surface area (Å²) in [4.78, 5) is 14.5. The average Bonchev–Trinajstić information content (AvgIpc) is 2.65. The Morgan fingerprint density at radius 3 is 2.54 bits per heavy atom. The van der Waals surface area contributed by atoms with E-state index in [2.05, 4.69) is 42.5 Å². The van der Waals surface area contributed by atoms with Gasteiger partial charge in [-0.15, -0.1) is 0 Å². The molecular weight excluding hydrogens is 294 g/mol. The molecule has 0 radical (unpaired) electrons. The molecule has 1 amide bonds. The van der Waals surface area contributed by atoms with Gasteiger partial charge < -0.3 is 4.90 Å². The van der Waals surface area contributed by atoms with Crippen molar-refractivity contribution in [2.75, 3.05) is 6.54 Å². The van der Waals surface area contributed by atoms with E-state index in [1.165, 1.54) is 21.9 Å². The molecule has 3 aromatic carbocycles. The molecular formula is C22H19NO. The van der Waals surface area contributed by atoms with Gasteiger partial charge in [0.1, 0.15) is 0 Å². The van der Waals surface area contributed by atoms with Crippen LogP contribution in [0.25, 0.3) is 16.8 Å². The highest BCUT2D eigenvalue weighted by Crippen LogP contribution is 2.21. The fraction of sp³-hybridized carbons (Fsp3) is 0.136. The molecule has 1 aliphatic heterocycles. The van der Waals surface area contributed by atoms with E-state index in [-0.39, 0.29) is 5.91 Å². The summed E-state index contributed by atoms with van der Waals surface area (Å²) in [6, 6.07) is 22.8. The first-order chi connectivity index (χ1) is 11.8. The highest BCUT2D eigenvalue weighted by Gasteiger charge is 2.18. The van der Waals surface area contributed by atoms with E-state index in [0.717, 1.165) is 18.5 Å². The quantitative estimate of drug-likeness (QED) is 0.641. The first-order valence-corrected chi connectivity index (χ1v) is 8.33. The molecule has 118 valence electrons. The van der Waals surface area contributed by atoms with Crippen LogP contribution in [0.3, 0.4) is 0 Å². The van der Waals surface area contributed by atoms with E-state index in [1.54, 1.807) is 6.08 Å². The summed E-state index contributed by atoms with van der Waals surface area (Å²) in [7, 11) is 0. The number of amides is 1. The summed E-state index contributed by atoms with van der Waals surface area (Å²) < 4.78 is 0. The Hall–Kier alpha value is -2.87. The standard InChI is InChI=1S/C22H19NO/c24-22(23-15-14-17-6-1-2-8-20(17)16-23)13-12-19-10-5-9-18-7-3-4-11-21(18)19/h1-13H,14-16H2/b13-12+. The number of hydrogen-bond donors (Lipinski definition) is 0. The molecule has 0 saturated heterocycles. The predicted molar refractivity (Wildman–Crippen MR) is 98.5 cm³/mol. The maximum Gasteiger partial charge on any atom is 0.246 e. The van der Waals surface area contributed by atoms with Crippen molar-refractivity contribution in [3.63, 3.8) is 0 Å². The monoisotopic (exact) mass is 313 g/mol. The van der Waals surface area contributed by atoms with Crippen molar-refractivity contribution in [2.24, 2.45) is 0 Å². The summed E-state index contributed by atoms with van der Waals surface area (Å²) in [5, 5.41) is 2.37. The van der Waals surface area contributed by atoms with Crippen LogP contribution >= 0.6 is 0 Å². The zero-order chi connectivity index (χ0) is 16.4. The number of rotatable bonds is 2. The van der Waals surface area contributed by atoms with Crippen molar-refractivity contribution >= 4 is 22.8 Å². The maximum atomic E-state index is 12.6. The van der Waals surface area contributed by atoms with Crippen LogP contribution in [0.4, 0.5) is 0 Å². The fourth-order valence-electron chi connectivity index (χ4n) is 3.35. The van der Waals surface area contributed by atoms with Gasteiger partial charge in [-0.1, -0.05) is 66.7 Å². The molecule has 1 heterocycles. The zero-order valence-corrected chi connectivity index (χ0v) is 13.5. The molecule has 0 bridgehead atoms. The van der Waals surface area contributed by atoms with Crippen LogP contribution in [0.2, 0.25) is 0 Å². The van der Waals surface area contributed by atoms with Crippen LogP contribution < -0.4 is 0 Å². The molecule has 24 heavy (non-hydrogen) atoms. The second kappa shape index (κ2) is 6.32. The van der Waals surface area contributed by atoms with E-state index < -0.39 is 0 Å². The van der Waals surface area contributed by atoms with Gasteiger partial charge in [0.2, 0.25) is 5.91 Å². The molecule has 0 aliphatic carbocycles. The van der Waals surface area contributed by atoms with Crippen molar-refractivity contribution < 1.29 is 4.79 Å². The van der Waals surface area contributed by atoms with Gasteiger partial charge in [-0.2, -0.15) is 0 Å². The third-order valence-corrected chi connectivity index (χ3v) is 4.67. The number of carbonyl (C=O) groups excluding carboxylic acids is 1.